The molecule has 2 heteroatoms. The molecule has 1 aliphatic rings. The van der Waals surface area contributed by atoms with Crippen LogP contribution in [-0.2, 0) is 0 Å². The summed E-state index contributed by atoms with van der Waals surface area (Å²) >= 11 is 1.85. The number of benzene rings is 1. The van der Waals surface area contributed by atoms with Crippen molar-refractivity contribution in [1.82, 2.24) is 4.98 Å². The SMILES string of the molecule is C=Cc1cc(C)c2nc(C3CC3)sc2c1. The maximum Gasteiger partial charge on any atom is 0.0969 e. The molecule has 0 bridgehead atoms. The first-order chi connectivity index (χ1) is 7.28. The first-order valence-corrected chi connectivity index (χ1v) is 6.13. The number of fused-ring (bicyclic) bond motifs is 1. The molecule has 1 nitrogen and oxygen atoms in total. The highest BCUT2D eigenvalue weighted by Crippen LogP contribution is 2.43. The van der Waals surface area contributed by atoms with Crippen molar-refractivity contribution < 1.29 is 0 Å². The number of hydrogen-bond donors (Lipinski definition) is 0. The van der Waals surface area contributed by atoms with Crippen molar-refractivity contribution in [2.45, 2.75) is 25.7 Å². The fraction of sp³-hybridized carbons (Fsp3) is 0.308. The molecular formula is C13H13NS. The van der Waals surface area contributed by atoms with Crippen LogP contribution < -0.4 is 0 Å². The molecule has 1 aliphatic carbocycles. The van der Waals surface area contributed by atoms with Gasteiger partial charge in [-0.1, -0.05) is 12.7 Å². The summed E-state index contributed by atoms with van der Waals surface area (Å²) in [6.07, 6.45) is 4.56. The highest BCUT2D eigenvalue weighted by atomic mass is 32.1. The maximum atomic E-state index is 4.73. The molecule has 1 fully saturated rings. The van der Waals surface area contributed by atoms with Gasteiger partial charge in [-0.2, -0.15) is 0 Å². The number of hydrogen-bond acceptors (Lipinski definition) is 2. The lowest BCUT2D eigenvalue weighted by atomic mass is 10.1. The first kappa shape index (κ1) is 9.10. The van der Waals surface area contributed by atoms with Gasteiger partial charge < -0.3 is 0 Å². The van der Waals surface area contributed by atoms with Crippen molar-refractivity contribution in [3.05, 3.63) is 34.8 Å². The number of aryl methyl sites for hydroxylation is 1. The summed E-state index contributed by atoms with van der Waals surface area (Å²) in [6, 6.07) is 4.35. The maximum absolute atomic E-state index is 4.73. The van der Waals surface area contributed by atoms with Gasteiger partial charge in [0.15, 0.2) is 0 Å². The molecule has 0 N–H and O–H groups in total. The summed E-state index contributed by atoms with van der Waals surface area (Å²) in [5, 5.41) is 1.33. The third kappa shape index (κ3) is 1.49. The van der Waals surface area contributed by atoms with E-state index in [2.05, 4.69) is 25.6 Å². The van der Waals surface area contributed by atoms with Gasteiger partial charge >= 0.3 is 0 Å². The van der Waals surface area contributed by atoms with E-state index >= 15 is 0 Å². The molecular weight excluding hydrogens is 202 g/mol. The van der Waals surface area contributed by atoms with Crippen LogP contribution in [0.5, 0.6) is 0 Å². The molecule has 1 saturated carbocycles. The van der Waals surface area contributed by atoms with Crippen molar-refractivity contribution in [3.63, 3.8) is 0 Å². The molecule has 0 radical (unpaired) electrons. The molecule has 2 aromatic rings. The Morgan fingerprint density at radius 3 is 2.93 bits per heavy atom. The molecule has 15 heavy (non-hydrogen) atoms. The fourth-order valence-corrected chi connectivity index (χ4v) is 3.13. The molecule has 1 heterocycles. The Kier molecular flexibility index (Phi) is 1.93. The van der Waals surface area contributed by atoms with Crippen molar-refractivity contribution >= 4 is 27.6 Å². The quantitative estimate of drug-likeness (QED) is 0.734. The van der Waals surface area contributed by atoms with Crippen LogP contribution >= 0.6 is 11.3 Å². The lowest BCUT2D eigenvalue weighted by molar-refractivity contribution is 1.09. The summed E-state index contributed by atoms with van der Waals surface area (Å²) in [5.41, 5.74) is 3.66. The van der Waals surface area contributed by atoms with Crippen molar-refractivity contribution in [2.24, 2.45) is 0 Å². The Labute approximate surface area is 93.5 Å². The number of rotatable bonds is 2. The van der Waals surface area contributed by atoms with E-state index in [0.29, 0.717) is 0 Å². The summed E-state index contributed by atoms with van der Waals surface area (Å²) in [6.45, 7) is 5.95. The van der Waals surface area contributed by atoms with E-state index in [1.165, 1.54) is 39.2 Å². The summed E-state index contributed by atoms with van der Waals surface area (Å²) in [4.78, 5) is 4.73. The normalized spacial score (nSPS) is 15.8. The highest BCUT2D eigenvalue weighted by Gasteiger charge is 2.27. The molecule has 0 amide bonds. The Morgan fingerprint density at radius 2 is 2.27 bits per heavy atom. The van der Waals surface area contributed by atoms with E-state index in [4.69, 9.17) is 4.98 Å². The third-order valence-corrected chi connectivity index (χ3v) is 4.05. The van der Waals surface area contributed by atoms with E-state index < -0.39 is 0 Å². The number of nitrogens with zero attached hydrogens (tertiary/aromatic N) is 1. The van der Waals surface area contributed by atoms with E-state index in [0.717, 1.165) is 5.92 Å². The van der Waals surface area contributed by atoms with Crippen LogP contribution in [0, 0.1) is 6.92 Å². The summed E-state index contributed by atoms with van der Waals surface area (Å²) in [7, 11) is 0. The minimum Gasteiger partial charge on any atom is -0.241 e. The van der Waals surface area contributed by atoms with Crippen molar-refractivity contribution in [3.8, 4) is 0 Å². The van der Waals surface area contributed by atoms with E-state index in [1.807, 2.05) is 17.4 Å². The topological polar surface area (TPSA) is 12.9 Å². The third-order valence-electron chi connectivity index (χ3n) is 2.89. The molecule has 1 aromatic carbocycles. The molecule has 0 spiro atoms. The zero-order chi connectivity index (χ0) is 10.4. The van der Waals surface area contributed by atoms with Crippen LogP contribution in [0.2, 0.25) is 0 Å². The zero-order valence-corrected chi connectivity index (χ0v) is 9.60. The Hall–Kier alpha value is -1.15. The van der Waals surface area contributed by atoms with Crippen LogP contribution in [0.15, 0.2) is 18.7 Å². The molecule has 0 unspecified atom stereocenters. The minimum atomic E-state index is 0.758. The Balaban J connectivity index is 2.23. The molecule has 0 atom stereocenters. The van der Waals surface area contributed by atoms with Gasteiger partial charge in [-0.15, -0.1) is 11.3 Å². The monoisotopic (exact) mass is 215 g/mol. The van der Waals surface area contributed by atoms with Gasteiger partial charge in [0.2, 0.25) is 0 Å². The standard InChI is InChI=1S/C13H13NS/c1-3-9-6-8(2)12-11(7-9)15-13(14-12)10-4-5-10/h3,6-7,10H,1,4-5H2,2H3. The largest absolute Gasteiger partial charge is 0.241 e. The van der Waals surface area contributed by atoms with Gasteiger partial charge in [-0.3, -0.25) is 0 Å². The van der Waals surface area contributed by atoms with Crippen LogP contribution in [0.3, 0.4) is 0 Å². The molecule has 3 rings (SSSR count). The first-order valence-electron chi connectivity index (χ1n) is 5.31. The van der Waals surface area contributed by atoms with Gasteiger partial charge in [0.1, 0.15) is 0 Å². The summed E-state index contributed by atoms with van der Waals surface area (Å²) in [5.74, 6) is 0.758. The van der Waals surface area contributed by atoms with E-state index in [1.54, 1.807) is 0 Å². The second kappa shape index (κ2) is 3.17. The fourth-order valence-electron chi connectivity index (χ4n) is 1.86. The van der Waals surface area contributed by atoms with Crippen LogP contribution in [0.1, 0.15) is 34.9 Å². The van der Waals surface area contributed by atoms with Gasteiger partial charge in [0, 0.05) is 5.92 Å². The van der Waals surface area contributed by atoms with Gasteiger partial charge in [-0.25, -0.2) is 4.98 Å². The van der Waals surface area contributed by atoms with Crippen LogP contribution in [0.4, 0.5) is 0 Å². The number of aromatic nitrogens is 1. The molecule has 76 valence electrons. The number of thiazole rings is 1. The zero-order valence-electron chi connectivity index (χ0n) is 8.79. The minimum absolute atomic E-state index is 0.758. The average Bonchev–Trinajstić information content (AvgIpc) is 2.98. The molecule has 1 aromatic heterocycles. The second-order valence-corrected chi connectivity index (χ2v) is 5.28. The van der Waals surface area contributed by atoms with E-state index in [9.17, 15) is 0 Å². The molecule has 0 saturated heterocycles. The predicted molar refractivity (Wildman–Crippen MR) is 66.4 cm³/mol. The summed E-state index contributed by atoms with van der Waals surface area (Å²) < 4.78 is 1.31. The second-order valence-electron chi connectivity index (χ2n) is 4.22. The molecule has 0 aliphatic heterocycles. The van der Waals surface area contributed by atoms with Crippen molar-refractivity contribution in [2.75, 3.05) is 0 Å². The lowest BCUT2D eigenvalue weighted by Crippen LogP contribution is -1.80. The average molecular weight is 215 g/mol. The van der Waals surface area contributed by atoms with Gasteiger partial charge in [-0.05, 0) is 43.0 Å². The smallest absolute Gasteiger partial charge is 0.0969 e. The predicted octanol–water partition coefficient (Wildman–Crippen LogP) is 4.13. The van der Waals surface area contributed by atoms with E-state index in [-0.39, 0.29) is 0 Å². The van der Waals surface area contributed by atoms with Gasteiger partial charge in [0.25, 0.3) is 0 Å². The highest BCUT2D eigenvalue weighted by molar-refractivity contribution is 7.18. The Bertz CT molecular complexity index is 535. The van der Waals surface area contributed by atoms with Crippen LogP contribution in [0.25, 0.3) is 16.3 Å². The Morgan fingerprint density at radius 1 is 1.47 bits per heavy atom. The van der Waals surface area contributed by atoms with Crippen molar-refractivity contribution in [1.29, 1.82) is 0 Å². The lowest BCUT2D eigenvalue weighted by Gasteiger charge is -1.96. The van der Waals surface area contributed by atoms with Gasteiger partial charge in [0.05, 0.1) is 15.2 Å². The van der Waals surface area contributed by atoms with Crippen LogP contribution in [-0.4, -0.2) is 4.98 Å².